The van der Waals surface area contributed by atoms with Crippen molar-refractivity contribution in [3.8, 4) is 0 Å². The van der Waals surface area contributed by atoms with E-state index in [-0.39, 0.29) is 0 Å². The zero-order chi connectivity index (χ0) is 10.8. The number of ether oxygens (including phenoxy) is 1. The van der Waals surface area contributed by atoms with Gasteiger partial charge in [-0.25, -0.2) is 4.99 Å². The third-order valence-corrected chi connectivity index (χ3v) is 1.81. The molecule has 1 heterocycles. The summed E-state index contributed by atoms with van der Waals surface area (Å²) in [5.41, 5.74) is 0. The summed E-state index contributed by atoms with van der Waals surface area (Å²) in [6.07, 6.45) is -2.23. The lowest BCUT2D eigenvalue weighted by atomic mass is 10.5. The molecule has 3 nitrogen and oxygen atoms in total. The Kier molecular flexibility index (Phi) is 3.54. The van der Waals surface area contributed by atoms with Gasteiger partial charge in [-0.2, -0.15) is 13.2 Å². The largest absolute Gasteiger partial charge is 0.411 e. The minimum absolute atomic E-state index is 0.687. The van der Waals surface area contributed by atoms with Crippen LogP contribution < -0.4 is 0 Å². The molecule has 0 saturated heterocycles. The van der Waals surface area contributed by atoms with Crippen LogP contribution >= 0.6 is 15.9 Å². The molecule has 0 amide bonds. The first-order valence-electron chi connectivity index (χ1n) is 3.69. The summed E-state index contributed by atoms with van der Waals surface area (Å²) in [4.78, 5) is 5.20. The van der Waals surface area contributed by atoms with Gasteiger partial charge < -0.3 is 9.64 Å². The van der Waals surface area contributed by atoms with Crippen LogP contribution in [0.25, 0.3) is 0 Å². The van der Waals surface area contributed by atoms with Crippen molar-refractivity contribution in [1.29, 1.82) is 0 Å². The first-order valence-corrected chi connectivity index (χ1v) is 4.48. The Morgan fingerprint density at radius 3 is 2.79 bits per heavy atom. The number of allylic oxidation sites excluding steroid dienone is 1. The molecule has 0 saturated carbocycles. The van der Waals surface area contributed by atoms with Gasteiger partial charge in [0.1, 0.15) is 6.61 Å². The molecule has 0 fully saturated rings. The molecule has 1 aliphatic rings. The Morgan fingerprint density at radius 2 is 2.29 bits per heavy atom. The van der Waals surface area contributed by atoms with Gasteiger partial charge in [-0.3, -0.25) is 0 Å². The van der Waals surface area contributed by atoms with Gasteiger partial charge in [-0.1, -0.05) is 0 Å². The van der Waals surface area contributed by atoms with Crippen LogP contribution in [-0.2, 0) is 4.74 Å². The molecule has 0 aromatic heterocycles. The summed E-state index contributed by atoms with van der Waals surface area (Å²) >= 11 is 3.14. The predicted octanol–water partition coefficient (Wildman–Crippen LogP) is 2.10. The molecule has 14 heavy (non-hydrogen) atoms. The first-order chi connectivity index (χ1) is 6.38. The fourth-order valence-corrected chi connectivity index (χ4v) is 1.30. The second kappa shape index (κ2) is 4.31. The zero-order valence-corrected chi connectivity index (χ0v) is 8.84. The van der Waals surface area contributed by atoms with Gasteiger partial charge >= 0.3 is 6.18 Å². The minimum atomic E-state index is -4.32. The van der Waals surface area contributed by atoms with E-state index in [4.69, 9.17) is 0 Å². The van der Waals surface area contributed by atoms with E-state index in [1.807, 2.05) is 0 Å². The van der Waals surface area contributed by atoms with Crippen LogP contribution in [0.4, 0.5) is 13.2 Å². The Balaban J connectivity index is 2.45. The third-order valence-electron chi connectivity index (χ3n) is 1.40. The fraction of sp³-hybridized carbons (Fsp3) is 0.571. The van der Waals surface area contributed by atoms with Crippen LogP contribution in [-0.4, -0.2) is 37.3 Å². The molecule has 0 aromatic carbocycles. The molecule has 1 unspecified atom stereocenters. The molecular formula is C7H8BrF3N2O. The summed E-state index contributed by atoms with van der Waals surface area (Å²) in [6.45, 7) is -1.30. The van der Waals surface area contributed by atoms with Gasteiger partial charge in [-0.05, 0) is 15.9 Å². The van der Waals surface area contributed by atoms with Gasteiger partial charge in [-0.15, -0.1) is 0 Å². The van der Waals surface area contributed by atoms with Crippen LogP contribution in [0.2, 0.25) is 0 Å². The predicted molar refractivity (Wildman–Crippen MR) is 49.1 cm³/mol. The van der Waals surface area contributed by atoms with E-state index in [9.17, 15) is 13.2 Å². The third kappa shape index (κ3) is 3.67. The lowest BCUT2D eigenvalue weighted by molar-refractivity contribution is -0.196. The van der Waals surface area contributed by atoms with Crippen molar-refractivity contribution in [3.63, 3.8) is 0 Å². The molecule has 80 valence electrons. The molecule has 0 spiro atoms. The van der Waals surface area contributed by atoms with E-state index >= 15 is 0 Å². The summed E-state index contributed by atoms with van der Waals surface area (Å²) in [5.74, 6) is 0. The molecule has 0 N–H and O–H groups in total. The van der Waals surface area contributed by atoms with Crippen LogP contribution in [0.5, 0.6) is 0 Å². The molecule has 0 aromatic rings. The maximum atomic E-state index is 11.8. The smallest absolute Gasteiger partial charge is 0.336 e. The lowest BCUT2D eigenvalue weighted by Gasteiger charge is -2.26. The highest BCUT2D eigenvalue weighted by Crippen LogP contribution is 2.19. The summed E-state index contributed by atoms with van der Waals surface area (Å²) in [7, 11) is 1.58. The van der Waals surface area contributed by atoms with Gasteiger partial charge in [0.2, 0.25) is 6.35 Å². The van der Waals surface area contributed by atoms with E-state index in [1.165, 1.54) is 11.1 Å². The van der Waals surface area contributed by atoms with E-state index < -0.39 is 19.1 Å². The highest BCUT2D eigenvalue weighted by Gasteiger charge is 2.30. The molecule has 7 heteroatoms. The molecule has 1 rings (SSSR count). The average molecular weight is 273 g/mol. The Labute approximate surface area is 87.4 Å². The molecule has 1 atom stereocenters. The standard InChI is InChI=1S/C7H8BrF3N2O/c1-13-3-5(8)2-12-6(13)14-4-7(9,10)11/h2-3,6H,4H2,1H3. The average Bonchev–Trinajstić information content (AvgIpc) is 2.00. The van der Waals surface area contributed by atoms with Crippen LogP contribution in [0.15, 0.2) is 15.7 Å². The first kappa shape index (κ1) is 11.5. The number of hydrogen-bond donors (Lipinski definition) is 0. The Bertz CT molecular complexity index is 264. The van der Waals surface area contributed by atoms with Crippen molar-refractivity contribution in [2.24, 2.45) is 4.99 Å². The van der Waals surface area contributed by atoms with E-state index in [0.717, 1.165) is 0 Å². The van der Waals surface area contributed by atoms with Gasteiger partial charge in [0.15, 0.2) is 0 Å². The zero-order valence-electron chi connectivity index (χ0n) is 7.25. The molecule has 1 aliphatic heterocycles. The van der Waals surface area contributed by atoms with Crippen LogP contribution in [0.1, 0.15) is 0 Å². The molecule has 0 aliphatic carbocycles. The number of rotatable bonds is 2. The number of hydrogen-bond acceptors (Lipinski definition) is 3. The van der Waals surface area contributed by atoms with Crippen molar-refractivity contribution in [1.82, 2.24) is 4.90 Å². The monoisotopic (exact) mass is 272 g/mol. The summed E-state index contributed by atoms with van der Waals surface area (Å²) < 4.78 is 40.6. The van der Waals surface area contributed by atoms with Crippen molar-refractivity contribution in [2.45, 2.75) is 12.5 Å². The second-order valence-corrected chi connectivity index (χ2v) is 3.63. The highest BCUT2D eigenvalue weighted by atomic mass is 79.9. The lowest BCUT2D eigenvalue weighted by Crippen LogP contribution is -2.34. The summed E-state index contributed by atoms with van der Waals surface area (Å²) in [6, 6.07) is 0. The topological polar surface area (TPSA) is 24.8 Å². The Morgan fingerprint density at radius 1 is 1.64 bits per heavy atom. The van der Waals surface area contributed by atoms with Gasteiger partial charge in [0, 0.05) is 19.5 Å². The van der Waals surface area contributed by atoms with Crippen LogP contribution in [0, 0.1) is 0 Å². The number of nitrogens with zero attached hydrogens (tertiary/aromatic N) is 2. The van der Waals surface area contributed by atoms with Gasteiger partial charge in [0.25, 0.3) is 0 Å². The van der Waals surface area contributed by atoms with Crippen LogP contribution in [0.3, 0.4) is 0 Å². The number of alkyl halides is 3. The molecular weight excluding hydrogens is 265 g/mol. The van der Waals surface area contributed by atoms with Gasteiger partial charge in [0.05, 0.1) is 4.48 Å². The van der Waals surface area contributed by atoms with E-state index in [2.05, 4.69) is 25.7 Å². The number of aliphatic imine (C=N–C) groups is 1. The minimum Gasteiger partial charge on any atom is -0.336 e. The number of halogens is 4. The molecule has 0 radical (unpaired) electrons. The summed E-state index contributed by atoms with van der Waals surface area (Å²) in [5, 5.41) is 0. The fourth-order valence-electron chi connectivity index (χ4n) is 0.861. The van der Waals surface area contributed by atoms with E-state index in [0.29, 0.717) is 4.48 Å². The van der Waals surface area contributed by atoms with Crippen molar-refractivity contribution in [2.75, 3.05) is 13.7 Å². The maximum absolute atomic E-state index is 11.8. The molecule has 0 bridgehead atoms. The second-order valence-electron chi connectivity index (χ2n) is 2.71. The quantitative estimate of drug-likeness (QED) is 0.769. The highest BCUT2D eigenvalue weighted by molar-refractivity contribution is 9.12. The van der Waals surface area contributed by atoms with Crippen molar-refractivity contribution in [3.05, 3.63) is 10.7 Å². The van der Waals surface area contributed by atoms with Crippen molar-refractivity contribution < 1.29 is 17.9 Å². The Hall–Kier alpha value is -0.560. The normalized spacial score (nSPS) is 22.5. The van der Waals surface area contributed by atoms with E-state index in [1.54, 1.807) is 13.2 Å². The SMILES string of the molecule is CN1C=C(Br)C=NC1OCC(F)(F)F. The maximum Gasteiger partial charge on any atom is 0.411 e. The van der Waals surface area contributed by atoms with Crippen molar-refractivity contribution >= 4 is 22.1 Å².